The molecule has 0 saturated carbocycles. The van der Waals surface area contributed by atoms with Gasteiger partial charge in [0, 0.05) is 50.7 Å². The second kappa shape index (κ2) is 9.84. The lowest BCUT2D eigenvalue weighted by Crippen LogP contribution is -2.47. The van der Waals surface area contributed by atoms with Crippen LogP contribution in [-0.2, 0) is 4.79 Å². The summed E-state index contributed by atoms with van der Waals surface area (Å²) >= 11 is 1.60. The molecule has 2 fully saturated rings. The van der Waals surface area contributed by atoms with Crippen molar-refractivity contribution in [1.82, 2.24) is 14.2 Å². The third kappa shape index (κ3) is 4.87. The van der Waals surface area contributed by atoms with Gasteiger partial charge in [0.1, 0.15) is 5.82 Å². The Bertz CT molecular complexity index is 1070. The Morgan fingerprint density at radius 3 is 2.62 bits per heavy atom. The van der Waals surface area contributed by atoms with Gasteiger partial charge in [0.2, 0.25) is 5.91 Å². The second-order valence-corrected chi connectivity index (χ2v) is 9.61. The van der Waals surface area contributed by atoms with Gasteiger partial charge in [-0.25, -0.2) is 0 Å². The number of piperazine rings is 1. The number of hydrogen-bond donors (Lipinski definition) is 0. The Kier molecular flexibility index (Phi) is 6.51. The van der Waals surface area contributed by atoms with Crippen LogP contribution in [0.15, 0.2) is 60.7 Å². The van der Waals surface area contributed by atoms with Crippen molar-refractivity contribution in [2.45, 2.75) is 12.8 Å². The van der Waals surface area contributed by atoms with Gasteiger partial charge in [0.25, 0.3) is 0 Å². The number of amides is 1. The molecular weight excluding hydrogens is 416 g/mol. The number of fused-ring (bicyclic) bond motifs is 1. The third-order valence-corrected chi connectivity index (χ3v) is 7.52. The molecule has 0 bridgehead atoms. The lowest BCUT2D eigenvalue weighted by molar-refractivity contribution is -0.125. The molecule has 166 valence electrons. The summed E-state index contributed by atoms with van der Waals surface area (Å²) in [5.74, 6) is 1.91. The zero-order chi connectivity index (χ0) is 21.8. The van der Waals surface area contributed by atoms with Crippen LogP contribution in [0.1, 0.15) is 18.4 Å². The number of benzene rings is 2. The van der Waals surface area contributed by atoms with E-state index >= 15 is 0 Å². The van der Waals surface area contributed by atoms with E-state index in [2.05, 4.69) is 34.1 Å². The fourth-order valence-electron chi connectivity index (χ4n) is 4.75. The van der Waals surface area contributed by atoms with Gasteiger partial charge in [-0.05, 0) is 60.6 Å². The molecule has 2 aromatic carbocycles. The summed E-state index contributed by atoms with van der Waals surface area (Å²) in [6.45, 7) is 7.14. The number of likely N-dealkylation sites (tertiary alicyclic amines) is 1. The Balaban J connectivity index is 1.06. The van der Waals surface area contributed by atoms with E-state index in [0.717, 1.165) is 63.6 Å². The van der Waals surface area contributed by atoms with Gasteiger partial charge in [0.15, 0.2) is 0 Å². The minimum absolute atomic E-state index is 0.139. The first-order valence-corrected chi connectivity index (χ1v) is 12.4. The zero-order valence-corrected chi connectivity index (χ0v) is 19.2. The lowest BCUT2D eigenvalue weighted by Gasteiger charge is -2.35. The SMILES string of the molecule is O=C(C=Cc1ccccc1)N1CCC(CCN2CCN(c3nsc4ccccc34)CC2)C1. The van der Waals surface area contributed by atoms with Crippen molar-refractivity contribution in [3.8, 4) is 0 Å². The minimum atomic E-state index is 0.139. The van der Waals surface area contributed by atoms with E-state index in [1.807, 2.05) is 41.3 Å². The van der Waals surface area contributed by atoms with E-state index in [-0.39, 0.29) is 5.91 Å². The van der Waals surface area contributed by atoms with Crippen molar-refractivity contribution < 1.29 is 4.79 Å². The molecule has 2 aliphatic rings. The van der Waals surface area contributed by atoms with Crippen LogP contribution >= 0.6 is 11.5 Å². The van der Waals surface area contributed by atoms with Gasteiger partial charge in [-0.3, -0.25) is 9.69 Å². The molecule has 0 radical (unpaired) electrons. The second-order valence-electron chi connectivity index (χ2n) is 8.80. The number of rotatable bonds is 6. The van der Waals surface area contributed by atoms with E-state index in [1.165, 1.54) is 16.5 Å². The summed E-state index contributed by atoms with van der Waals surface area (Å²) in [5, 5.41) is 1.28. The third-order valence-electron chi connectivity index (χ3n) is 6.70. The maximum Gasteiger partial charge on any atom is 0.246 e. The molecule has 5 rings (SSSR count). The predicted molar refractivity (Wildman–Crippen MR) is 133 cm³/mol. The molecule has 1 unspecified atom stereocenters. The quantitative estimate of drug-likeness (QED) is 0.527. The first-order chi connectivity index (χ1) is 15.8. The average Bonchev–Trinajstić information content (AvgIpc) is 3.50. The maximum atomic E-state index is 12.5. The maximum absolute atomic E-state index is 12.5. The number of carbonyl (C=O) groups is 1. The summed E-state index contributed by atoms with van der Waals surface area (Å²) in [5.41, 5.74) is 1.07. The highest BCUT2D eigenvalue weighted by Gasteiger charge is 2.26. The van der Waals surface area contributed by atoms with Crippen LogP contribution in [0.4, 0.5) is 5.82 Å². The first-order valence-electron chi connectivity index (χ1n) is 11.6. The lowest BCUT2D eigenvalue weighted by atomic mass is 10.0. The van der Waals surface area contributed by atoms with Gasteiger partial charge >= 0.3 is 0 Å². The molecule has 6 heteroatoms. The number of hydrogen-bond acceptors (Lipinski definition) is 5. The fraction of sp³-hybridized carbons (Fsp3) is 0.385. The zero-order valence-electron chi connectivity index (χ0n) is 18.4. The van der Waals surface area contributed by atoms with Crippen LogP contribution in [0.25, 0.3) is 16.2 Å². The number of nitrogens with zero attached hydrogens (tertiary/aromatic N) is 4. The Hall–Kier alpha value is -2.70. The highest BCUT2D eigenvalue weighted by molar-refractivity contribution is 7.13. The molecule has 1 atom stereocenters. The molecule has 2 saturated heterocycles. The van der Waals surface area contributed by atoms with Gasteiger partial charge in [-0.15, -0.1) is 0 Å². The van der Waals surface area contributed by atoms with E-state index < -0.39 is 0 Å². The monoisotopic (exact) mass is 446 g/mol. The van der Waals surface area contributed by atoms with Crippen LogP contribution in [0.3, 0.4) is 0 Å². The normalized spacial score (nSPS) is 19.9. The molecule has 0 aliphatic carbocycles. The average molecular weight is 447 g/mol. The largest absolute Gasteiger partial charge is 0.353 e. The van der Waals surface area contributed by atoms with E-state index in [0.29, 0.717) is 5.92 Å². The van der Waals surface area contributed by atoms with E-state index in [4.69, 9.17) is 4.37 Å². The van der Waals surface area contributed by atoms with E-state index in [1.54, 1.807) is 17.6 Å². The van der Waals surface area contributed by atoms with Crippen LogP contribution < -0.4 is 4.90 Å². The highest BCUT2D eigenvalue weighted by Crippen LogP contribution is 2.30. The molecule has 0 spiro atoms. The van der Waals surface area contributed by atoms with Gasteiger partial charge in [-0.2, -0.15) is 4.37 Å². The van der Waals surface area contributed by atoms with Crippen LogP contribution in [0, 0.1) is 5.92 Å². The number of aromatic nitrogens is 1. The molecule has 5 nitrogen and oxygen atoms in total. The van der Waals surface area contributed by atoms with Crippen molar-refractivity contribution in [2.24, 2.45) is 5.92 Å². The topological polar surface area (TPSA) is 39.7 Å². The van der Waals surface area contributed by atoms with Crippen LogP contribution in [0.5, 0.6) is 0 Å². The Morgan fingerprint density at radius 1 is 1.00 bits per heavy atom. The molecule has 32 heavy (non-hydrogen) atoms. The molecule has 2 aliphatic heterocycles. The fourth-order valence-corrected chi connectivity index (χ4v) is 5.55. The minimum Gasteiger partial charge on any atom is -0.353 e. The molecular formula is C26H30N4OS. The van der Waals surface area contributed by atoms with Crippen molar-refractivity contribution in [2.75, 3.05) is 50.7 Å². The predicted octanol–water partition coefficient (Wildman–Crippen LogP) is 4.37. The van der Waals surface area contributed by atoms with Crippen molar-refractivity contribution in [3.63, 3.8) is 0 Å². The van der Waals surface area contributed by atoms with Crippen LogP contribution in [-0.4, -0.2) is 65.9 Å². The van der Waals surface area contributed by atoms with Crippen molar-refractivity contribution in [1.29, 1.82) is 0 Å². The molecule has 0 N–H and O–H groups in total. The Labute approximate surface area is 194 Å². The number of carbonyl (C=O) groups excluding carboxylic acids is 1. The Morgan fingerprint density at radius 2 is 1.78 bits per heavy atom. The number of anilines is 1. The van der Waals surface area contributed by atoms with E-state index in [9.17, 15) is 4.79 Å². The summed E-state index contributed by atoms with van der Waals surface area (Å²) in [6, 6.07) is 18.5. The highest BCUT2D eigenvalue weighted by atomic mass is 32.1. The summed E-state index contributed by atoms with van der Waals surface area (Å²) < 4.78 is 5.99. The molecule has 3 heterocycles. The smallest absolute Gasteiger partial charge is 0.246 e. The summed E-state index contributed by atoms with van der Waals surface area (Å²) in [4.78, 5) is 19.5. The molecule has 1 amide bonds. The van der Waals surface area contributed by atoms with Crippen LogP contribution in [0.2, 0.25) is 0 Å². The molecule has 3 aromatic rings. The van der Waals surface area contributed by atoms with Crippen molar-refractivity contribution >= 4 is 39.4 Å². The van der Waals surface area contributed by atoms with Gasteiger partial charge < -0.3 is 9.80 Å². The van der Waals surface area contributed by atoms with Crippen molar-refractivity contribution in [3.05, 3.63) is 66.2 Å². The first kappa shape index (κ1) is 21.2. The summed E-state index contributed by atoms with van der Waals surface area (Å²) in [7, 11) is 0. The van der Waals surface area contributed by atoms with Gasteiger partial charge in [0.05, 0.1) is 4.70 Å². The molecule has 1 aromatic heterocycles. The standard InChI is InChI=1S/C26H30N4OS/c31-25(11-10-21-6-2-1-3-7-21)30-15-13-22(20-30)12-14-28-16-18-29(19-17-28)26-23-8-4-5-9-24(23)32-27-26/h1-11,22H,12-20H2. The summed E-state index contributed by atoms with van der Waals surface area (Å²) in [6.07, 6.45) is 5.93. The van der Waals surface area contributed by atoms with Gasteiger partial charge in [-0.1, -0.05) is 42.5 Å².